The van der Waals surface area contributed by atoms with E-state index in [0.717, 1.165) is 34.9 Å². The molecule has 1 aromatic carbocycles. The number of hydrogen-bond donors (Lipinski definition) is 2. The van der Waals surface area contributed by atoms with Gasteiger partial charge in [0.25, 0.3) is 0 Å². The summed E-state index contributed by atoms with van der Waals surface area (Å²) in [5.74, 6) is 1.51. The molecule has 0 aliphatic heterocycles. The van der Waals surface area contributed by atoms with Gasteiger partial charge in [-0.2, -0.15) is 0 Å². The van der Waals surface area contributed by atoms with Gasteiger partial charge in [-0.1, -0.05) is 31.2 Å². The quantitative estimate of drug-likeness (QED) is 0.878. The molecule has 1 unspecified atom stereocenters. The van der Waals surface area contributed by atoms with E-state index in [-0.39, 0.29) is 0 Å². The molecule has 20 heavy (non-hydrogen) atoms. The lowest BCUT2D eigenvalue weighted by molar-refractivity contribution is 0.191. The summed E-state index contributed by atoms with van der Waals surface area (Å²) in [4.78, 5) is 8.67. The molecule has 0 saturated carbocycles. The predicted octanol–water partition coefficient (Wildman–Crippen LogP) is 2.80. The number of aliphatic hydroxyl groups is 1. The van der Waals surface area contributed by atoms with Crippen molar-refractivity contribution >= 4 is 5.82 Å². The van der Waals surface area contributed by atoms with Crippen molar-refractivity contribution in [2.24, 2.45) is 0 Å². The highest BCUT2D eigenvalue weighted by Crippen LogP contribution is 2.18. The van der Waals surface area contributed by atoms with Crippen LogP contribution in [0.5, 0.6) is 0 Å². The molecule has 1 aromatic heterocycles. The van der Waals surface area contributed by atoms with Crippen molar-refractivity contribution in [2.45, 2.75) is 33.3 Å². The van der Waals surface area contributed by atoms with E-state index in [0.29, 0.717) is 6.54 Å². The van der Waals surface area contributed by atoms with Gasteiger partial charge in [0.1, 0.15) is 11.6 Å². The SMILES string of the molecule is CCc1cc(NCC(O)c2ccccc2C)nc(C)n1. The minimum atomic E-state index is -0.545. The summed E-state index contributed by atoms with van der Waals surface area (Å²) >= 11 is 0. The van der Waals surface area contributed by atoms with E-state index in [1.807, 2.05) is 44.2 Å². The molecule has 4 heteroatoms. The second-order valence-corrected chi connectivity index (χ2v) is 4.90. The van der Waals surface area contributed by atoms with Crippen LogP contribution >= 0.6 is 0 Å². The molecule has 106 valence electrons. The van der Waals surface area contributed by atoms with E-state index in [9.17, 15) is 5.11 Å². The van der Waals surface area contributed by atoms with Gasteiger partial charge in [0, 0.05) is 18.3 Å². The van der Waals surface area contributed by atoms with Gasteiger partial charge in [-0.25, -0.2) is 9.97 Å². The standard InChI is InChI=1S/C16H21N3O/c1-4-13-9-16(19-12(3)18-13)17-10-15(20)14-8-6-5-7-11(14)2/h5-9,15,20H,4,10H2,1-3H3,(H,17,18,19). The number of aliphatic hydroxyl groups excluding tert-OH is 1. The lowest BCUT2D eigenvalue weighted by Crippen LogP contribution is -2.14. The molecular formula is C16H21N3O. The first-order valence-corrected chi connectivity index (χ1v) is 6.92. The second kappa shape index (κ2) is 6.48. The van der Waals surface area contributed by atoms with Crippen molar-refractivity contribution < 1.29 is 5.11 Å². The first-order chi connectivity index (χ1) is 9.60. The largest absolute Gasteiger partial charge is 0.387 e. The summed E-state index contributed by atoms with van der Waals surface area (Å²) in [6, 6.07) is 9.79. The molecule has 0 amide bonds. The molecule has 1 heterocycles. The van der Waals surface area contributed by atoms with E-state index >= 15 is 0 Å². The summed E-state index contributed by atoms with van der Waals surface area (Å²) < 4.78 is 0. The number of benzene rings is 1. The molecule has 0 saturated heterocycles. The zero-order chi connectivity index (χ0) is 14.5. The van der Waals surface area contributed by atoms with Crippen LogP contribution in [0.15, 0.2) is 30.3 Å². The van der Waals surface area contributed by atoms with Crippen LogP contribution in [-0.2, 0) is 6.42 Å². The Hall–Kier alpha value is -1.94. The zero-order valence-electron chi connectivity index (χ0n) is 12.2. The third-order valence-corrected chi connectivity index (χ3v) is 3.28. The minimum Gasteiger partial charge on any atom is -0.387 e. The first kappa shape index (κ1) is 14.5. The van der Waals surface area contributed by atoms with Crippen molar-refractivity contribution in [1.82, 2.24) is 9.97 Å². The van der Waals surface area contributed by atoms with Gasteiger partial charge in [-0.15, -0.1) is 0 Å². The molecule has 0 aliphatic carbocycles. The Morgan fingerprint density at radius 2 is 1.95 bits per heavy atom. The summed E-state index contributed by atoms with van der Waals surface area (Å²) in [7, 11) is 0. The van der Waals surface area contributed by atoms with Gasteiger partial charge < -0.3 is 10.4 Å². The van der Waals surface area contributed by atoms with Crippen LogP contribution < -0.4 is 5.32 Å². The van der Waals surface area contributed by atoms with Crippen LogP contribution in [0.4, 0.5) is 5.82 Å². The Morgan fingerprint density at radius 3 is 2.65 bits per heavy atom. The maximum Gasteiger partial charge on any atom is 0.130 e. The fraction of sp³-hybridized carbons (Fsp3) is 0.375. The van der Waals surface area contributed by atoms with Crippen LogP contribution in [0.3, 0.4) is 0 Å². The molecule has 1 atom stereocenters. The highest BCUT2D eigenvalue weighted by atomic mass is 16.3. The molecule has 2 N–H and O–H groups in total. The first-order valence-electron chi connectivity index (χ1n) is 6.92. The maximum absolute atomic E-state index is 10.3. The number of aromatic nitrogens is 2. The number of nitrogens with one attached hydrogen (secondary N) is 1. The summed E-state index contributed by atoms with van der Waals surface area (Å²) in [5.41, 5.74) is 3.04. The molecule has 2 rings (SSSR count). The average Bonchev–Trinajstić information content (AvgIpc) is 2.44. The maximum atomic E-state index is 10.3. The van der Waals surface area contributed by atoms with Crippen molar-refractivity contribution in [1.29, 1.82) is 0 Å². The lowest BCUT2D eigenvalue weighted by atomic mass is 10.0. The molecule has 4 nitrogen and oxygen atoms in total. The van der Waals surface area contributed by atoms with Crippen molar-refractivity contribution in [3.63, 3.8) is 0 Å². The molecule has 0 bridgehead atoms. The predicted molar refractivity (Wildman–Crippen MR) is 80.8 cm³/mol. The smallest absolute Gasteiger partial charge is 0.130 e. The Balaban J connectivity index is 2.05. The van der Waals surface area contributed by atoms with E-state index in [1.54, 1.807) is 0 Å². The highest BCUT2D eigenvalue weighted by Gasteiger charge is 2.10. The average molecular weight is 271 g/mol. The molecule has 0 fully saturated rings. The number of nitrogens with zero attached hydrogens (tertiary/aromatic N) is 2. The van der Waals surface area contributed by atoms with Crippen molar-refractivity contribution in [3.8, 4) is 0 Å². The van der Waals surface area contributed by atoms with Crippen molar-refractivity contribution in [2.75, 3.05) is 11.9 Å². The fourth-order valence-electron chi connectivity index (χ4n) is 2.17. The van der Waals surface area contributed by atoms with E-state index in [1.165, 1.54) is 0 Å². The molecule has 2 aromatic rings. The Bertz CT molecular complexity index is 584. The fourth-order valence-corrected chi connectivity index (χ4v) is 2.17. The molecule has 0 radical (unpaired) electrons. The number of hydrogen-bond acceptors (Lipinski definition) is 4. The summed E-state index contributed by atoms with van der Waals surface area (Å²) in [5, 5.41) is 13.4. The van der Waals surface area contributed by atoms with E-state index < -0.39 is 6.10 Å². The molecular weight excluding hydrogens is 250 g/mol. The van der Waals surface area contributed by atoms with Gasteiger partial charge >= 0.3 is 0 Å². The van der Waals surface area contributed by atoms with Crippen LogP contribution in [0, 0.1) is 13.8 Å². The van der Waals surface area contributed by atoms with Crippen LogP contribution in [-0.4, -0.2) is 21.6 Å². The third kappa shape index (κ3) is 3.54. The zero-order valence-corrected chi connectivity index (χ0v) is 12.2. The Kier molecular flexibility index (Phi) is 4.69. The lowest BCUT2D eigenvalue weighted by Gasteiger charge is -2.15. The van der Waals surface area contributed by atoms with Crippen LogP contribution in [0.1, 0.15) is 35.7 Å². The van der Waals surface area contributed by atoms with Crippen LogP contribution in [0.25, 0.3) is 0 Å². The number of aryl methyl sites for hydroxylation is 3. The van der Waals surface area contributed by atoms with Crippen molar-refractivity contribution in [3.05, 3.63) is 53.0 Å². The Labute approximate surface area is 119 Å². The molecule has 0 aliphatic rings. The van der Waals surface area contributed by atoms with Gasteiger partial charge in [-0.3, -0.25) is 0 Å². The third-order valence-electron chi connectivity index (χ3n) is 3.28. The summed E-state index contributed by atoms with van der Waals surface area (Å²) in [6.07, 6.45) is 0.329. The normalized spacial score (nSPS) is 12.2. The number of anilines is 1. The monoisotopic (exact) mass is 271 g/mol. The van der Waals surface area contributed by atoms with Gasteiger partial charge in [-0.05, 0) is 31.4 Å². The van der Waals surface area contributed by atoms with Gasteiger partial charge in [0.05, 0.1) is 6.10 Å². The summed E-state index contributed by atoms with van der Waals surface area (Å²) in [6.45, 7) is 6.38. The Morgan fingerprint density at radius 1 is 1.20 bits per heavy atom. The topological polar surface area (TPSA) is 58.0 Å². The van der Waals surface area contributed by atoms with Crippen LogP contribution in [0.2, 0.25) is 0 Å². The number of rotatable bonds is 5. The highest BCUT2D eigenvalue weighted by molar-refractivity contribution is 5.37. The van der Waals surface area contributed by atoms with Gasteiger partial charge in [0.15, 0.2) is 0 Å². The second-order valence-electron chi connectivity index (χ2n) is 4.90. The minimum absolute atomic E-state index is 0.435. The van der Waals surface area contributed by atoms with Gasteiger partial charge in [0.2, 0.25) is 0 Å². The van der Waals surface area contributed by atoms with E-state index in [2.05, 4.69) is 22.2 Å². The molecule has 0 spiro atoms. The van der Waals surface area contributed by atoms with E-state index in [4.69, 9.17) is 0 Å².